The van der Waals surface area contributed by atoms with Gasteiger partial charge in [-0.25, -0.2) is 0 Å². The van der Waals surface area contributed by atoms with Crippen molar-refractivity contribution < 1.29 is 4.74 Å². The molecule has 2 nitrogen and oxygen atoms in total. The second-order valence-corrected chi connectivity index (χ2v) is 3.81. The SMILES string of the molecule is CCCOc1cc(C)c(NCC)cc1C. The summed E-state index contributed by atoms with van der Waals surface area (Å²) in [4.78, 5) is 0. The van der Waals surface area contributed by atoms with Gasteiger partial charge in [-0.1, -0.05) is 6.92 Å². The van der Waals surface area contributed by atoms with Crippen molar-refractivity contribution in [3.8, 4) is 5.75 Å². The zero-order valence-electron chi connectivity index (χ0n) is 10.2. The first-order valence-corrected chi connectivity index (χ1v) is 5.67. The number of rotatable bonds is 5. The number of benzene rings is 1. The molecular weight excluding hydrogens is 186 g/mol. The molecule has 0 heterocycles. The molecule has 84 valence electrons. The normalized spacial score (nSPS) is 10.1. The van der Waals surface area contributed by atoms with E-state index in [-0.39, 0.29) is 0 Å². The standard InChI is InChI=1S/C13H21NO/c1-5-7-15-13-9-10(3)12(14-6-2)8-11(13)4/h8-9,14H,5-7H2,1-4H3. The Labute approximate surface area is 92.6 Å². The number of ether oxygens (including phenoxy) is 1. The Hall–Kier alpha value is -1.18. The zero-order chi connectivity index (χ0) is 11.3. The van der Waals surface area contributed by atoms with Gasteiger partial charge in [0.15, 0.2) is 0 Å². The van der Waals surface area contributed by atoms with E-state index in [9.17, 15) is 0 Å². The van der Waals surface area contributed by atoms with Gasteiger partial charge in [-0.3, -0.25) is 0 Å². The van der Waals surface area contributed by atoms with Crippen LogP contribution in [-0.2, 0) is 0 Å². The van der Waals surface area contributed by atoms with E-state index in [4.69, 9.17) is 4.74 Å². The summed E-state index contributed by atoms with van der Waals surface area (Å²) in [5, 5.41) is 3.34. The average Bonchev–Trinajstić information content (AvgIpc) is 2.21. The van der Waals surface area contributed by atoms with Crippen molar-refractivity contribution in [2.24, 2.45) is 0 Å². The van der Waals surface area contributed by atoms with Gasteiger partial charge in [0.2, 0.25) is 0 Å². The van der Waals surface area contributed by atoms with Crippen LogP contribution in [-0.4, -0.2) is 13.2 Å². The van der Waals surface area contributed by atoms with E-state index in [1.165, 1.54) is 16.8 Å². The molecule has 0 atom stereocenters. The molecule has 0 aliphatic heterocycles. The number of aryl methyl sites for hydroxylation is 2. The van der Waals surface area contributed by atoms with E-state index in [2.05, 4.69) is 45.1 Å². The molecule has 15 heavy (non-hydrogen) atoms. The molecule has 2 heteroatoms. The molecule has 1 N–H and O–H groups in total. The highest BCUT2D eigenvalue weighted by atomic mass is 16.5. The maximum atomic E-state index is 5.67. The Morgan fingerprint density at radius 1 is 1.13 bits per heavy atom. The smallest absolute Gasteiger partial charge is 0.122 e. The Morgan fingerprint density at radius 3 is 2.47 bits per heavy atom. The molecule has 0 aliphatic rings. The van der Waals surface area contributed by atoms with Crippen LogP contribution >= 0.6 is 0 Å². The Morgan fingerprint density at radius 2 is 1.87 bits per heavy atom. The van der Waals surface area contributed by atoms with Crippen LogP contribution in [0.3, 0.4) is 0 Å². The molecule has 1 aromatic rings. The summed E-state index contributed by atoms with van der Waals surface area (Å²) in [6.45, 7) is 10.2. The first-order valence-electron chi connectivity index (χ1n) is 5.67. The zero-order valence-corrected chi connectivity index (χ0v) is 10.2. The van der Waals surface area contributed by atoms with E-state index in [1.807, 2.05) is 0 Å². The predicted molar refractivity (Wildman–Crippen MR) is 65.9 cm³/mol. The molecule has 0 saturated heterocycles. The van der Waals surface area contributed by atoms with Crippen molar-refractivity contribution >= 4 is 5.69 Å². The molecule has 1 rings (SSSR count). The summed E-state index contributed by atoms with van der Waals surface area (Å²) in [5.74, 6) is 1.01. The summed E-state index contributed by atoms with van der Waals surface area (Å²) in [5.41, 5.74) is 3.65. The number of anilines is 1. The van der Waals surface area contributed by atoms with Crippen molar-refractivity contribution in [2.45, 2.75) is 34.1 Å². The molecule has 0 spiro atoms. The van der Waals surface area contributed by atoms with Crippen LogP contribution in [0.4, 0.5) is 5.69 Å². The van der Waals surface area contributed by atoms with Crippen LogP contribution in [0.15, 0.2) is 12.1 Å². The van der Waals surface area contributed by atoms with Gasteiger partial charge in [-0.05, 0) is 50.5 Å². The summed E-state index contributed by atoms with van der Waals surface area (Å²) < 4.78 is 5.67. The topological polar surface area (TPSA) is 21.3 Å². The fraction of sp³-hybridized carbons (Fsp3) is 0.538. The Balaban J connectivity index is 2.87. The third kappa shape index (κ3) is 3.15. The molecule has 0 amide bonds. The maximum Gasteiger partial charge on any atom is 0.122 e. The van der Waals surface area contributed by atoms with Gasteiger partial charge < -0.3 is 10.1 Å². The molecular formula is C13H21NO. The Kier molecular flexibility index (Phi) is 4.47. The number of hydrogen-bond acceptors (Lipinski definition) is 2. The van der Waals surface area contributed by atoms with Crippen molar-refractivity contribution in [1.82, 2.24) is 0 Å². The van der Waals surface area contributed by atoms with Gasteiger partial charge in [-0.15, -0.1) is 0 Å². The molecule has 0 unspecified atom stereocenters. The minimum atomic E-state index is 0.792. The monoisotopic (exact) mass is 207 g/mol. The second-order valence-electron chi connectivity index (χ2n) is 3.81. The van der Waals surface area contributed by atoms with E-state index in [1.54, 1.807) is 0 Å². The van der Waals surface area contributed by atoms with Crippen molar-refractivity contribution in [3.63, 3.8) is 0 Å². The molecule has 1 aromatic carbocycles. The fourth-order valence-electron chi connectivity index (χ4n) is 1.54. The molecule has 0 bridgehead atoms. The summed E-state index contributed by atoms with van der Waals surface area (Å²) in [6, 6.07) is 4.27. The minimum absolute atomic E-state index is 0.792. The van der Waals surface area contributed by atoms with Crippen LogP contribution in [0.2, 0.25) is 0 Å². The van der Waals surface area contributed by atoms with Crippen LogP contribution in [0.25, 0.3) is 0 Å². The maximum absolute atomic E-state index is 5.67. The van der Waals surface area contributed by atoms with Gasteiger partial charge >= 0.3 is 0 Å². The molecule has 0 aliphatic carbocycles. The minimum Gasteiger partial charge on any atom is -0.493 e. The third-order valence-corrected chi connectivity index (χ3v) is 2.35. The van der Waals surface area contributed by atoms with Crippen LogP contribution in [0, 0.1) is 13.8 Å². The highest BCUT2D eigenvalue weighted by Gasteiger charge is 2.04. The number of nitrogens with one attached hydrogen (secondary N) is 1. The van der Waals surface area contributed by atoms with Crippen molar-refractivity contribution in [3.05, 3.63) is 23.3 Å². The predicted octanol–water partition coefficient (Wildman–Crippen LogP) is 3.52. The van der Waals surface area contributed by atoms with Gasteiger partial charge in [0.25, 0.3) is 0 Å². The van der Waals surface area contributed by atoms with E-state index in [0.717, 1.165) is 25.3 Å². The average molecular weight is 207 g/mol. The highest BCUT2D eigenvalue weighted by molar-refractivity contribution is 5.56. The van der Waals surface area contributed by atoms with Crippen molar-refractivity contribution in [2.75, 3.05) is 18.5 Å². The molecule has 0 aromatic heterocycles. The lowest BCUT2D eigenvalue weighted by atomic mass is 10.1. The van der Waals surface area contributed by atoms with Crippen LogP contribution in [0.1, 0.15) is 31.4 Å². The quantitative estimate of drug-likeness (QED) is 0.797. The van der Waals surface area contributed by atoms with Gasteiger partial charge in [0.05, 0.1) is 6.61 Å². The number of hydrogen-bond donors (Lipinski definition) is 1. The lowest BCUT2D eigenvalue weighted by Crippen LogP contribution is -2.02. The van der Waals surface area contributed by atoms with Gasteiger partial charge in [0, 0.05) is 12.2 Å². The van der Waals surface area contributed by atoms with E-state index >= 15 is 0 Å². The first kappa shape index (κ1) is 11.9. The van der Waals surface area contributed by atoms with Crippen molar-refractivity contribution in [1.29, 1.82) is 0 Å². The van der Waals surface area contributed by atoms with E-state index in [0.29, 0.717) is 0 Å². The van der Waals surface area contributed by atoms with Crippen LogP contribution in [0.5, 0.6) is 5.75 Å². The van der Waals surface area contributed by atoms with Gasteiger partial charge in [-0.2, -0.15) is 0 Å². The van der Waals surface area contributed by atoms with Gasteiger partial charge in [0.1, 0.15) is 5.75 Å². The largest absolute Gasteiger partial charge is 0.493 e. The lowest BCUT2D eigenvalue weighted by Gasteiger charge is -2.13. The molecule has 0 radical (unpaired) electrons. The lowest BCUT2D eigenvalue weighted by molar-refractivity contribution is 0.315. The van der Waals surface area contributed by atoms with E-state index < -0.39 is 0 Å². The fourth-order valence-corrected chi connectivity index (χ4v) is 1.54. The van der Waals surface area contributed by atoms with Crippen LogP contribution < -0.4 is 10.1 Å². The summed E-state index contributed by atoms with van der Waals surface area (Å²) in [6.07, 6.45) is 1.05. The summed E-state index contributed by atoms with van der Waals surface area (Å²) in [7, 11) is 0. The third-order valence-electron chi connectivity index (χ3n) is 2.35. The summed E-state index contributed by atoms with van der Waals surface area (Å²) >= 11 is 0. The molecule has 0 saturated carbocycles. The highest BCUT2D eigenvalue weighted by Crippen LogP contribution is 2.26. The molecule has 0 fully saturated rings. The second kappa shape index (κ2) is 5.64. The Bertz CT molecular complexity index is 321. The first-order chi connectivity index (χ1) is 7.19.